The molecule has 0 aliphatic rings. The van der Waals surface area contributed by atoms with Crippen molar-refractivity contribution in [1.82, 2.24) is 5.32 Å². The summed E-state index contributed by atoms with van der Waals surface area (Å²) in [4.78, 5) is 13.2. The van der Waals surface area contributed by atoms with Crippen molar-refractivity contribution in [2.24, 2.45) is 0 Å². The number of nitrogens with zero attached hydrogens (tertiary/aromatic N) is 1. The van der Waals surface area contributed by atoms with E-state index >= 15 is 0 Å². The average molecular weight is 278 g/mol. The van der Waals surface area contributed by atoms with E-state index in [1.165, 1.54) is 6.92 Å². The molecule has 20 heavy (non-hydrogen) atoms. The standard InChI is InChI=1S/C15H26N4O/c1-11(20)18-15(2,3)8-9-17-13-10-12(16)6-7-14(13)19(4)5/h6-7,10,17H,8-9,16H2,1-5H3,(H,18,20). The van der Waals surface area contributed by atoms with E-state index in [0.29, 0.717) is 0 Å². The van der Waals surface area contributed by atoms with Crippen LogP contribution in [0.1, 0.15) is 27.2 Å². The van der Waals surface area contributed by atoms with Gasteiger partial charge in [-0.25, -0.2) is 0 Å². The molecule has 0 unspecified atom stereocenters. The van der Waals surface area contributed by atoms with Crippen LogP contribution in [0, 0.1) is 0 Å². The molecule has 5 heteroatoms. The summed E-state index contributed by atoms with van der Waals surface area (Å²) in [5.41, 5.74) is 8.45. The Labute approximate surface area is 121 Å². The predicted octanol–water partition coefficient (Wildman–Crippen LogP) is 2.05. The molecule has 0 aliphatic carbocycles. The highest BCUT2D eigenvalue weighted by Crippen LogP contribution is 2.26. The van der Waals surface area contributed by atoms with Gasteiger partial charge in [0.2, 0.25) is 5.91 Å². The van der Waals surface area contributed by atoms with Gasteiger partial charge in [-0.05, 0) is 38.5 Å². The highest BCUT2D eigenvalue weighted by molar-refractivity contribution is 5.74. The van der Waals surface area contributed by atoms with E-state index in [-0.39, 0.29) is 11.4 Å². The minimum Gasteiger partial charge on any atom is -0.399 e. The lowest BCUT2D eigenvalue weighted by Crippen LogP contribution is -2.43. The normalized spacial score (nSPS) is 11.1. The molecule has 0 saturated heterocycles. The molecule has 1 aromatic carbocycles. The van der Waals surface area contributed by atoms with Gasteiger partial charge in [-0.15, -0.1) is 0 Å². The van der Waals surface area contributed by atoms with Crippen molar-refractivity contribution in [1.29, 1.82) is 0 Å². The zero-order valence-electron chi connectivity index (χ0n) is 13.1. The zero-order valence-corrected chi connectivity index (χ0v) is 13.1. The van der Waals surface area contributed by atoms with Gasteiger partial charge in [0.05, 0.1) is 11.4 Å². The summed E-state index contributed by atoms with van der Waals surface area (Å²) in [6.07, 6.45) is 0.828. The maximum absolute atomic E-state index is 11.1. The van der Waals surface area contributed by atoms with E-state index in [0.717, 1.165) is 30.0 Å². The monoisotopic (exact) mass is 278 g/mol. The number of carbonyl (C=O) groups excluding carboxylic acids is 1. The molecule has 0 fully saturated rings. The largest absolute Gasteiger partial charge is 0.399 e. The van der Waals surface area contributed by atoms with Gasteiger partial charge in [-0.2, -0.15) is 0 Å². The summed E-state index contributed by atoms with van der Waals surface area (Å²) in [6, 6.07) is 5.82. The third-order valence-electron chi connectivity index (χ3n) is 3.08. The fourth-order valence-corrected chi connectivity index (χ4v) is 2.13. The van der Waals surface area contributed by atoms with Crippen molar-refractivity contribution < 1.29 is 4.79 Å². The van der Waals surface area contributed by atoms with Crippen molar-refractivity contribution >= 4 is 23.0 Å². The summed E-state index contributed by atoms with van der Waals surface area (Å²) in [7, 11) is 4.00. The highest BCUT2D eigenvalue weighted by Gasteiger charge is 2.18. The summed E-state index contributed by atoms with van der Waals surface area (Å²) in [5.74, 6) is -0.00654. The SMILES string of the molecule is CC(=O)NC(C)(C)CCNc1cc(N)ccc1N(C)C. The van der Waals surface area contributed by atoms with Crippen LogP contribution in [0.5, 0.6) is 0 Å². The van der Waals surface area contributed by atoms with Crippen molar-refractivity contribution in [3.05, 3.63) is 18.2 Å². The van der Waals surface area contributed by atoms with Crippen molar-refractivity contribution in [2.45, 2.75) is 32.7 Å². The number of carbonyl (C=O) groups is 1. The number of nitrogens with two attached hydrogens (primary N) is 1. The van der Waals surface area contributed by atoms with E-state index in [9.17, 15) is 4.79 Å². The number of rotatable bonds is 6. The summed E-state index contributed by atoms with van der Waals surface area (Å²) in [5, 5.41) is 6.33. The predicted molar refractivity (Wildman–Crippen MR) is 86.2 cm³/mol. The molecule has 0 radical (unpaired) electrons. The van der Waals surface area contributed by atoms with Gasteiger partial charge in [0.1, 0.15) is 0 Å². The molecule has 0 spiro atoms. The van der Waals surface area contributed by atoms with Crippen LogP contribution < -0.4 is 21.3 Å². The second-order valence-electron chi connectivity index (χ2n) is 5.91. The topological polar surface area (TPSA) is 70.4 Å². The Balaban J connectivity index is 2.66. The highest BCUT2D eigenvalue weighted by atomic mass is 16.1. The van der Waals surface area contributed by atoms with E-state index in [2.05, 4.69) is 10.6 Å². The molecule has 0 aliphatic heterocycles. The Morgan fingerprint density at radius 1 is 1.35 bits per heavy atom. The zero-order chi connectivity index (χ0) is 15.3. The van der Waals surface area contributed by atoms with Crippen molar-refractivity contribution in [2.75, 3.05) is 36.6 Å². The summed E-state index contributed by atoms with van der Waals surface area (Å²) >= 11 is 0. The molecule has 1 amide bonds. The minimum absolute atomic E-state index is 0.00654. The number of nitrogens with one attached hydrogen (secondary N) is 2. The quantitative estimate of drug-likeness (QED) is 0.697. The maximum Gasteiger partial charge on any atom is 0.217 e. The Morgan fingerprint density at radius 3 is 2.55 bits per heavy atom. The third kappa shape index (κ3) is 4.99. The summed E-state index contributed by atoms with van der Waals surface area (Å²) < 4.78 is 0. The minimum atomic E-state index is -0.225. The first-order valence-corrected chi connectivity index (χ1v) is 6.81. The lowest BCUT2D eigenvalue weighted by molar-refractivity contribution is -0.120. The second kappa shape index (κ2) is 6.50. The van der Waals surface area contributed by atoms with Gasteiger partial charge in [0.15, 0.2) is 0 Å². The lowest BCUT2D eigenvalue weighted by atomic mass is 10.0. The van der Waals surface area contributed by atoms with Crippen LogP contribution in [-0.2, 0) is 4.79 Å². The molecule has 0 heterocycles. The average Bonchev–Trinajstić information content (AvgIpc) is 2.26. The molecule has 0 saturated carbocycles. The molecule has 0 atom stereocenters. The molecule has 0 bridgehead atoms. The molecule has 1 aromatic rings. The fraction of sp³-hybridized carbons (Fsp3) is 0.533. The first-order valence-electron chi connectivity index (χ1n) is 6.81. The van der Waals surface area contributed by atoms with E-state index in [1.54, 1.807) is 0 Å². The molecular formula is C15H26N4O. The number of hydrogen-bond acceptors (Lipinski definition) is 4. The van der Waals surface area contributed by atoms with Crippen LogP contribution in [0.25, 0.3) is 0 Å². The van der Waals surface area contributed by atoms with Gasteiger partial charge < -0.3 is 21.3 Å². The van der Waals surface area contributed by atoms with E-state index in [4.69, 9.17) is 5.73 Å². The van der Waals surface area contributed by atoms with Crippen LogP contribution in [0.3, 0.4) is 0 Å². The van der Waals surface area contributed by atoms with Crippen molar-refractivity contribution in [3.8, 4) is 0 Å². The van der Waals surface area contributed by atoms with E-state index < -0.39 is 0 Å². The van der Waals surface area contributed by atoms with Crippen LogP contribution in [0.4, 0.5) is 17.1 Å². The molecule has 0 aromatic heterocycles. The fourth-order valence-electron chi connectivity index (χ4n) is 2.13. The van der Waals surface area contributed by atoms with Gasteiger partial charge in [-0.1, -0.05) is 0 Å². The molecular weight excluding hydrogens is 252 g/mol. The number of benzene rings is 1. The first kappa shape index (κ1) is 16.1. The molecule has 5 nitrogen and oxygen atoms in total. The number of anilines is 3. The number of amides is 1. The Kier molecular flexibility index (Phi) is 5.25. The van der Waals surface area contributed by atoms with Crippen LogP contribution in [-0.4, -0.2) is 32.1 Å². The molecule has 112 valence electrons. The van der Waals surface area contributed by atoms with Gasteiger partial charge in [0, 0.05) is 38.8 Å². The van der Waals surface area contributed by atoms with Crippen molar-refractivity contribution in [3.63, 3.8) is 0 Å². The van der Waals surface area contributed by atoms with E-state index in [1.807, 2.05) is 51.0 Å². The van der Waals surface area contributed by atoms with Crippen LogP contribution in [0.2, 0.25) is 0 Å². The van der Waals surface area contributed by atoms with Gasteiger partial charge in [-0.3, -0.25) is 4.79 Å². The third-order valence-corrected chi connectivity index (χ3v) is 3.08. The number of nitrogen functional groups attached to an aromatic ring is 1. The Morgan fingerprint density at radius 2 is 2.00 bits per heavy atom. The maximum atomic E-state index is 11.1. The first-order chi connectivity index (χ1) is 9.21. The molecule has 4 N–H and O–H groups in total. The second-order valence-corrected chi connectivity index (χ2v) is 5.91. The Bertz CT molecular complexity index is 469. The summed E-state index contributed by atoms with van der Waals surface area (Å²) in [6.45, 7) is 6.33. The molecule has 1 rings (SSSR count). The lowest BCUT2D eigenvalue weighted by Gasteiger charge is -2.26. The van der Waals surface area contributed by atoms with Gasteiger partial charge >= 0.3 is 0 Å². The number of hydrogen-bond donors (Lipinski definition) is 3. The van der Waals surface area contributed by atoms with Gasteiger partial charge in [0.25, 0.3) is 0 Å². The van der Waals surface area contributed by atoms with Crippen LogP contribution in [0.15, 0.2) is 18.2 Å². The van der Waals surface area contributed by atoms with Crippen LogP contribution >= 0.6 is 0 Å². The Hall–Kier alpha value is -1.91. The smallest absolute Gasteiger partial charge is 0.217 e.